The molecule has 2 aromatic heterocycles. The minimum Gasteiger partial charge on any atom is -0.477 e. The average Bonchev–Trinajstić information content (AvgIpc) is 2.56. The van der Waals surface area contributed by atoms with Crippen LogP contribution in [0, 0.1) is 0 Å². The van der Waals surface area contributed by atoms with Crippen LogP contribution >= 0.6 is 0 Å². The molecular formula is C15H17N5O2. The fraction of sp³-hybridized carbons (Fsp3) is 0.333. The van der Waals surface area contributed by atoms with Crippen LogP contribution in [0.5, 0.6) is 0 Å². The Hall–Kier alpha value is -2.70. The summed E-state index contributed by atoms with van der Waals surface area (Å²) < 4.78 is 0. The number of carboxylic acids is 1. The molecule has 3 heterocycles. The molecule has 0 saturated carbocycles. The highest BCUT2D eigenvalue weighted by atomic mass is 16.4. The van der Waals surface area contributed by atoms with E-state index >= 15 is 0 Å². The molecule has 0 atom stereocenters. The maximum atomic E-state index is 10.9. The molecule has 2 aromatic rings. The number of anilines is 2. The van der Waals surface area contributed by atoms with Gasteiger partial charge in [0.2, 0.25) is 0 Å². The topological polar surface area (TPSA) is 91.2 Å². The third-order valence-corrected chi connectivity index (χ3v) is 3.70. The predicted octanol–water partition coefficient (Wildman–Crippen LogP) is 1.65. The number of piperidine rings is 1. The molecule has 22 heavy (non-hydrogen) atoms. The first-order valence-electron chi connectivity index (χ1n) is 7.22. The molecule has 7 nitrogen and oxygen atoms in total. The largest absolute Gasteiger partial charge is 0.477 e. The van der Waals surface area contributed by atoms with Gasteiger partial charge in [-0.15, -0.1) is 5.10 Å². The first-order chi connectivity index (χ1) is 10.7. The summed E-state index contributed by atoms with van der Waals surface area (Å²) in [4.78, 5) is 17.2. The van der Waals surface area contributed by atoms with E-state index in [-0.39, 0.29) is 11.7 Å². The van der Waals surface area contributed by atoms with Crippen LogP contribution in [0.3, 0.4) is 0 Å². The number of rotatable bonds is 4. The molecule has 1 aliphatic rings. The van der Waals surface area contributed by atoms with Gasteiger partial charge in [-0.2, -0.15) is 5.10 Å². The molecule has 1 aliphatic heterocycles. The summed E-state index contributed by atoms with van der Waals surface area (Å²) in [7, 11) is 0. The van der Waals surface area contributed by atoms with Gasteiger partial charge in [-0.1, -0.05) is 6.07 Å². The molecule has 1 fully saturated rings. The van der Waals surface area contributed by atoms with Crippen LogP contribution in [0.15, 0.2) is 36.5 Å². The Labute approximate surface area is 128 Å². The van der Waals surface area contributed by atoms with Crippen LogP contribution in [0.25, 0.3) is 0 Å². The number of carboxylic acid groups (broad SMARTS) is 1. The molecule has 0 amide bonds. The van der Waals surface area contributed by atoms with Gasteiger partial charge in [0, 0.05) is 25.3 Å². The van der Waals surface area contributed by atoms with E-state index in [1.807, 2.05) is 12.1 Å². The number of hydrogen-bond acceptors (Lipinski definition) is 6. The number of hydrogen-bond donors (Lipinski definition) is 2. The molecule has 0 aliphatic carbocycles. The maximum Gasteiger partial charge on any atom is 0.354 e. The van der Waals surface area contributed by atoms with E-state index in [1.165, 1.54) is 6.07 Å². The van der Waals surface area contributed by atoms with E-state index < -0.39 is 5.97 Å². The SMILES string of the molecule is O=C(O)c1cccc(NC2CCN(c3cccnn3)CC2)n1. The van der Waals surface area contributed by atoms with Crippen molar-refractivity contribution in [2.24, 2.45) is 0 Å². The molecule has 0 aromatic carbocycles. The number of pyridine rings is 1. The van der Waals surface area contributed by atoms with E-state index in [2.05, 4.69) is 25.4 Å². The van der Waals surface area contributed by atoms with Crippen LogP contribution in [-0.4, -0.2) is 45.4 Å². The van der Waals surface area contributed by atoms with Crippen LogP contribution in [0.4, 0.5) is 11.6 Å². The lowest BCUT2D eigenvalue weighted by atomic mass is 10.1. The third kappa shape index (κ3) is 3.30. The Morgan fingerprint density at radius 1 is 1.23 bits per heavy atom. The van der Waals surface area contributed by atoms with Crippen molar-refractivity contribution in [3.05, 3.63) is 42.2 Å². The van der Waals surface area contributed by atoms with Gasteiger partial charge in [-0.05, 0) is 37.1 Å². The number of nitrogens with zero attached hydrogens (tertiary/aromatic N) is 4. The van der Waals surface area contributed by atoms with E-state index in [0.717, 1.165) is 31.7 Å². The third-order valence-electron chi connectivity index (χ3n) is 3.70. The van der Waals surface area contributed by atoms with Gasteiger partial charge in [-0.25, -0.2) is 9.78 Å². The van der Waals surface area contributed by atoms with Gasteiger partial charge < -0.3 is 15.3 Å². The first-order valence-corrected chi connectivity index (χ1v) is 7.22. The average molecular weight is 299 g/mol. The van der Waals surface area contributed by atoms with Crippen molar-refractivity contribution in [1.29, 1.82) is 0 Å². The first kappa shape index (κ1) is 14.2. The molecule has 7 heteroatoms. The number of aromatic nitrogens is 3. The summed E-state index contributed by atoms with van der Waals surface area (Å²) >= 11 is 0. The summed E-state index contributed by atoms with van der Waals surface area (Å²) in [6, 6.07) is 9.11. The van der Waals surface area contributed by atoms with Gasteiger partial charge in [0.15, 0.2) is 11.5 Å². The number of carbonyl (C=O) groups is 1. The predicted molar refractivity (Wildman–Crippen MR) is 82.1 cm³/mol. The Balaban J connectivity index is 1.58. The van der Waals surface area contributed by atoms with Crippen LogP contribution in [0.1, 0.15) is 23.3 Å². The van der Waals surface area contributed by atoms with E-state index in [9.17, 15) is 4.79 Å². The van der Waals surface area contributed by atoms with Crippen LogP contribution in [-0.2, 0) is 0 Å². The maximum absolute atomic E-state index is 10.9. The molecule has 0 unspecified atom stereocenters. The lowest BCUT2D eigenvalue weighted by molar-refractivity contribution is 0.0690. The Kier molecular flexibility index (Phi) is 4.13. The van der Waals surface area contributed by atoms with E-state index in [1.54, 1.807) is 18.3 Å². The molecular weight excluding hydrogens is 282 g/mol. The molecule has 0 radical (unpaired) electrons. The normalized spacial score (nSPS) is 15.5. The second-order valence-corrected chi connectivity index (χ2v) is 5.20. The van der Waals surface area contributed by atoms with Gasteiger partial charge in [0.25, 0.3) is 0 Å². The van der Waals surface area contributed by atoms with Crippen molar-refractivity contribution >= 4 is 17.6 Å². The second kappa shape index (κ2) is 6.38. The monoisotopic (exact) mass is 299 g/mol. The Bertz CT molecular complexity index is 641. The zero-order valence-electron chi connectivity index (χ0n) is 12.0. The zero-order valence-corrected chi connectivity index (χ0v) is 12.0. The minimum absolute atomic E-state index is 0.0574. The highest BCUT2D eigenvalue weighted by Gasteiger charge is 2.20. The summed E-state index contributed by atoms with van der Waals surface area (Å²) in [6.07, 6.45) is 3.55. The zero-order chi connectivity index (χ0) is 15.4. The molecule has 114 valence electrons. The Morgan fingerprint density at radius 3 is 2.73 bits per heavy atom. The fourth-order valence-electron chi connectivity index (χ4n) is 2.56. The minimum atomic E-state index is -1.01. The lowest BCUT2D eigenvalue weighted by Crippen LogP contribution is -2.39. The molecule has 0 spiro atoms. The van der Waals surface area contributed by atoms with Crippen molar-refractivity contribution in [1.82, 2.24) is 15.2 Å². The van der Waals surface area contributed by atoms with E-state index in [4.69, 9.17) is 5.11 Å². The van der Waals surface area contributed by atoms with Gasteiger partial charge in [0.1, 0.15) is 5.82 Å². The van der Waals surface area contributed by atoms with E-state index in [0.29, 0.717) is 5.82 Å². The number of aromatic carboxylic acids is 1. The highest BCUT2D eigenvalue weighted by molar-refractivity contribution is 5.85. The second-order valence-electron chi connectivity index (χ2n) is 5.20. The van der Waals surface area contributed by atoms with Crippen molar-refractivity contribution in [2.45, 2.75) is 18.9 Å². The van der Waals surface area contributed by atoms with Gasteiger partial charge in [0.05, 0.1) is 0 Å². The summed E-state index contributed by atoms with van der Waals surface area (Å²) in [5, 5.41) is 20.3. The van der Waals surface area contributed by atoms with Crippen molar-refractivity contribution < 1.29 is 9.90 Å². The van der Waals surface area contributed by atoms with Crippen molar-refractivity contribution in [3.8, 4) is 0 Å². The van der Waals surface area contributed by atoms with Gasteiger partial charge in [-0.3, -0.25) is 0 Å². The van der Waals surface area contributed by atoms with Crippen molar-refractivity contribution in [2.75, 3.05) is 23.3 Å². The van der Waals surface area contributed by atoms with Crippen LogP contribution < -0.4 is 10.2 Å². The molecule has 0 bridgehead atoms. The smallest absolute Gasteiger partial charge is 0.354 e. The van der Waals surface area contributed by atoms with Gasteiger partial charge >= 0.3 is 5.97 Å². The fourth-order valence-corrected chi connectivity index (χ4v) is 2.56. The van der Waals surface area contributed by atoms with Crippen molar-refractivity contribution in [3.63, 3.8) is 0 Å². The molecule has 2 N–H and O–H groups in total. The summed E-state index contributed by atoms with van der Waals surface area (Å²) in [5.74, 6) is 0.492. The standard InChI is InChI=1S/C15H17N5O2/c21-15(22)12-3-1-4-13(18-12)17-11-6-9-20(10-7-11)14-5-2-8-16-19-14/h1-5,8,11H,6-7,9-10H2,(H,17,18)(H,21,22). The Morgan fingerprint density at radius 2 is 2.05 bits per heavy atom. The summed E-state index contributed by atoms with van der Waals surface area (Å²) in [6.45, 7) is 1.77. The summed E-state index contributed by atoms with van der Waals surface area (Å²) in [5.41, 5.74) is 0.0574. The quantitative estimate of drug-likeness (QED) is 0.887. The molecule has 1 saturated heterocycles. The number of nitrogens with one attached hydrogen (secondary N) is 1. The highest BCUT2D eigenvalue weighted by Crippen LogP contribution is 2.19. The van der Waals surface area contributed by atoms with Crippen LogP contribution in [0.2, 0.25) is 0 Å². The molecule has 3 rings (SSSR count). The lowest BCUT2D eigenvalue weighted by Gasteiger charge is -2.33.